The van der Waals surface area contributed by atoms with Crippen molar-refractivity contribution < 1.29 is 33.3 Å². The number of esters is 1. The second kappa shape index (κ2) is 14.9. The van der Waals surface area contributed by atoms with E-state index in [9.17, 15) is 14.4 Å². The Balaban J connectivity index is 1.65. The topological polar surface area (TPSA) is 100 Å². The van der Waals surface area contributed by atoms with Gasteiger partial charge in [-0.3, -0.25) is 9.59 Å². The lowest BCUT2D eigenvalue weighted by Gasteiger charge is -2.34. The predicted octanol–water partition coefficient (Wildman–Crippen LogP) is 6.74. The monoisotopic (exact) mass is 599 g/mol. The first-order valence-electron chi connectivity index (χ1n) is 13.5. The summed E-state index contributed by atoms with van der Waals surface area (Å²) >= 11 is 0.881. The number of hydrogen-bond acceptors (Lipinski definition) is 8. The van der Waals surface area contributed by atoms with Gasteiger partial charge in [0.15, 0.2) is 5.41 Å². The van der Waals surface area contributed by atoms with Crippen molar-refractivity contribution >= 4 is 28.9 Å². The summed E-state index contributed by atoms with van der Waals surface area (Å²) in [6, 6.07) is 30.9. The molecule has 0 bridgehead atoms. The molecule has 0 saturated heterocycles. The molecule has 0 spiro atoms. The molecule has 4 rings (SSSR count). The average Bonchev–Trinajstić information content (AvgIpc) is 3.06. The Morgan fingerprint density at radius 3 is 1.79 bits per heavy atom. The van der Waals surface area contributed by atoms with E-state index < -0.39 is 28.6 Å². The standard InChI is InChI=1S/C34H33NO7S/c1-34(32(37)43-29-20-18-28(40-3)19-21-29,31(36)41-22-25-14-16-27(39-2)17-15-25)30(26-12-8-5-9-13-26)35-33(38)42-23-24-10-6-4-7-11-24/h4-21,30H,22-23H2,1-3H3,(H,35,38)/t30-,34-/m0/s1. The van der Waals surface area contributed by atoms with E-state index in [-0.39, 0.29) is 13.2 Å². The highest BCUT2D eigenvalue weighted by Gasteiger charge is 2.51. The summed E-state index contributed by atoms with van der Waals surface area (Å²) in [4.78, 5) is 41.8. The van der Waals surface area contributed by atoms with E-state index in [0.29, 0.717) is 27.5 Å². The number of carbonyl (C=O) groups is 3. The van der Waals surface area contributed by atoms with Crippen molar-refractivity contribution in [2.45, 2.75) is 31.1 Å². The summed E-state index contributed by atoms with van der Waals surface area (Å²) in [6.45, 7) is 1.41. The second-order valence-corrected chi connectivity index (χ2v) is 10.8. The van der Waals surface area contributed by atoms with E-state index >= 15 is 0 Å². The molecule has 0 aliphatic carbocycles. The van der Waals surface area contributed by atoms with Crippen molar-refractivity contribution in [3.8, 4) is 11.5 Å². The summed E-state index contributed by atoms with van der Waals surface area (Å²) in [5, 5.41) is 2.27. The zero-order valence-corrected chi connectivity index (χ0v) is 25.0. The van der Waals surface area contributed by atoms with Gasteiger partial charge in [-0.15, -0.1) is 0 Å². The third-order valence-electron chi connectivity index (χ3n) is 6.83. The van der Waals surface area contributed by atoms with Crippen LogP contribution in [0.25, 0.3) is 0 Å². The van der Waals surface area contributed by atoms with Gasteiger partial charge in [-0.2, -0.15) is 0 Å². The number of thioether (sulfide) groups is 1. The highest BCUT2D eigenvalue weighted by Crippen LogP contribution is 2.42. The summed E-state index contributed by atoms with van der Waals surface area (Å²) in [6.07, 6.45) is -0.783. The fourth-order valence-electron chi connectivity index (χ4n) is 4.29. The molecule has 0 saturated carbocycles. The Kier molecular flexibility index (Phi) is 10.8. The lowest BCUT2D eigenvalue weighted by atomic mass is 9.79. The SMILES string of the molecule is COc1ccc(COC(=O)[C@@](C)(C(=O)Sc2ccc(OC)cc2)[C@@H](NC(=O)OCc2ccccc2)c2ccccc2)cc1. The zero-order valence-electron chi connectivity index (χ0n) is 24.1. The first-order chi connectivity index (χ1) is 20.8. The van der Waals surface area contributed by atoms with Gasteiger partial charge < -0.3 is 24.3 Å². The Morgan fingerprint density at radius 1 is 0.698 bits per heavy atom. The van der Waals surface area contributed by atoms with E-state index in [1.165, 1.54) is 6.92 Å². The highest BCUT2D eigenvalue weighted by molar-refractivity contribution is 8.13. The molecule has 4 aromatic rings. The molecule has 9 heteroatoms. The first kappa shape index (κ1) is 31.2. The first-order valence-corrected chi connectivity index (χ1v) is 14.3. The minimum absolute atomic E-state index is 0.0152. The lowest BCUT2D eigenvalue weighted by molar-refractivity contribution is -0.160. The molecule has 1 amide bonds. The van der Waals surface area contributed by atoms with E-state index in [1.807, 2.05) is 36.4 Å². The third-order valence-corrected chi connectivity index (χ3v) is 7.95. The van der Waals surface area contributed by atoms with Crippen LogP contribution in [0.15, 0.2) is 114 Å². The number of rotatable bonds is 12. The minimum Gasteiger partial charge on any atom is -0.497 e. The van der Waals surface area contributed by atoms with Crippen LogP contribution >= 0.6 is 11.8 Å². The Bertz CT molecular complexity index is 1500. The van der Waals surface area contributed by atoms with Gasteiger partial charge in [0.25, 0.3) is 0 Å². The zero-order chi connectivity index (χ0) is 30.7. The molecule has 0 unspecified atom stereocenters. The molecule has 0 aliphatic rings. The van der Waals surface area contributed by atoms with Crippen molar-refractivity contribution in [1.29, 1.82) is 0 Å². The van der Waals surface area contributed by atoms with Crippen LogP contribution in [-0.2, 0) is 32.3 Å². The van der Waals surface area contributed by atoms with Crippen LogP contribution in [-0.4, -0.2) is 31.4 Å². The molecule has 2 atom stereocenters. The number of alkyl carbamates (subject to hydrolysis) is 1. The number of hydrogen-bond donors (Lipinski definition) is 1. The maximum absolute atomic E-state index is 14.1. The molecule has 8 nitrogen and oxygen atoms in total. The Hall–Kier alpha value is -4.76. The van der Waals surface area contributed by atoms with Crippen LogP contribution in [0.2, 0.25) is 0 Å². The average molecular weight is 600 g/mol. The molecular weight excluding hydrogens is 566 g/mol. The molecule has 0 heterocycles. The normalized spacial score (nSPS) is 12.7. The highest BCUT2D eigenvalue weighted by atomic mass is 32.2. The molecule has 0 aromatic heterocycles. The van der Waals surface area contributed by atoms with Gasteiger partial charge in [-0.1, -0.05) is 84.6 Å². The smallest absolute Gasteiger partial charge is 0.407 e. The molecule has 222 valence electrons. The fourth-order valence-corrected chi connectivity index (χ4v) is 5.18. The van der Waals surface area contributed by atoms with Crippen LogP contribution < -0.4 is 14.8 Å². The maximum Gasteiger partial charge on any atom is 0.407 e. The van der Waals surface area contributed by atoms with Crippen molar-refractivity contribution in [1.82, 2.24) is 5.32 Å². The van der Waals surface area contributed by atoms with Gasteiger partial charge in [0.1, 0.15) is 24.7 Å². The van der Waals surface area contributed by atoms with Gasteiger partial charge in [0, 0.05) is 4.90 Å². The molecule has 0 aliphatic heterocycles. The van der Waals surface area contributed by atoms with Gasteiger partial charge in [-0.25, -0.2) is 4.79 Å². The third kappa shape index (κ3) is 8.17. The molecule has 0 radical (unpaired) electrons. The summed E-state index contributed by atoms with van der Waals surface area (Å²) in [7, 11) is 3.12. The van der Waals surface area contributed by atoms with Crippen LogP contribution in [0.3, 0.4) is 0 Å². The van der Waals surface area contributed by atoms with Gasteiger partial charge in [-0.05, 0) is 60.0 Å². The summed E-state index contributed by atoms with van der Waals surface area (Å²) < 4.78 is 21.7. The maximum atomic E-state index is 14.1. The van der Waals surface area contributed by atoms with Crippen LogP contribution in [0.5, 0.6) is 11.5 Å². The van der Waals surface area contributed by atoms with Crippen LogP contribution in [0.4, 0.5) is 4.79 Å². The van der Waals surface area contributed by atoms with Crippen LogP contribution in [0, 0.1) is 5.41 Å². The number of benzene rings is 4. The van der Waals surface area contributed by atoms with Gasteiger partial charge in [0.2, 0.25) is 5.12 Å². The Morgan fingerprint density at radius 2 is 1.21 bits per heavy atom. The summed E-state index contributed by atoms with van der Waals surface area (Å²) in [5.74, 6) is 0.489. The number of nitrogens with one attached hydrogen (secondary N) is 1. The van der Waals surface area contributed by atoms with E-state index in [4.69, 9.17) is 18.9 Å². The lowest BCUT2D eigenvalue weighted by Crippen LogP contribution is -2.49. The van der Waals surface area contributed by atoms with E-state index in [1.54, 1.807) is 87.0 Å². The Labute approximate surface area is 255 Å². The van der Waals surface area contributed by atoms with Gasteiger partial charge >= 0.3 is 12.1 Å². The molecule has 4 aromatic carbocycles. The molecule has 43 heavy (non-hydrogen) atoms. The van der Waals surface area contributed by atoms with Crippen molar-refractivity contribution in [2.75, 3.05) is 14.2 Å². The second-order valence-electron chi connectivity index (χ2n) is 9.74. The van der Waals surface area contributed by atoms with Gasteiger partial charge in [0.05, 0.1) is 20.3 Å². The molecule has 1 N–H and O–H groups in total. The number of ether oxygens (including phenoxy) is 4. The van der Waals surface area contributed by atoms with Crippen molar-refractivity contribution in [3.63, 3.8) is 0 Å². The predicted molar refractivity (Wildman–Crippen MR) is 164 cm³/mol. The number of amides is 1. The van der Waals surface area contributed by atoms with Crippen LogP contribution in [0.1, 0.15) is 29.7 Å². The van der Waals surface area contributed by atoms with Crippen molar-refractivity contribution in [2.24, 2.45) is 5.41 Å². The van der Waals surface area contributed by atoms with E-state index in [0.717, 1.165) is 17.3 Å². The quantitative estimate of drug-likeness (QED) is 0.109. The molecule has 0 fully saturated rings. The van der Waals surface area contributed by atoms with E-state index in [2.05, 4.69) is 5.32 Å². The molecular formula is C34H33NO7S. The van der Waals surface area contributed by atoms with Crippen molar-refractivity contribution in [3.05, 3.63) is 126 Å². The minimum atomic E-state index is -1.86. The number of carbonyl (C=O) groups excluding carboxylic acids is 3. The number of methoxy groups -OCH3 is 2. The summed E-state index contributed by atoms with van der Waals surface area (Å²) in [5.41, 5.74) is 0.177. The largest absolute Gasteiger partial charge is 0.497 e. The fraction of sp³-hybridized carbons (Fsp3) is 0.206.